The third-order valence-corrected chi connectivity index (χ3v) is 5.15. The van der Waals surface area contributed by atoms with E-state index in [0.717, 1.165) is 26.3 Å². The zero-order valence-electron chi connectivity index (χ0n) is 14.2. The predicted molar refractivity (Wildman–Crippen MR) is 89.2 cm³/mol. The average Bonchev–Trinajstić information content (AvgIpc) is 3.25. The Morgan fingerprint density at radius 1 is 1.28 bits per heavy atom. The van der Waals surface area contributed by atoms with Crippen LogP contribution in [0.4, 0.5) is 0 Å². The minimum atomic E-state index is -0.301. The summed E-state index contributed by atoms with van der Waals surface area (Å²) < 4.78 is 8.04. The van der Waals surface area contributed by atoms with Gasteiger partial charge in [0.2, 0.25) is 5.91 Å². The van der Waals surface area contributed by atoms with Gasteiger partial charge in [-0.15, -0.1) is 0 Å². The highest BCUT2D eigenvalue weighted by Crippen LogP contribution is 2.22. The number of likely N-dealkylation sites (tertiary alicyclic amines) is 1. The molecule has 2 aliphatic heterocycles. The molecule has 2 fully saturated rings. The second kappa shape index (κ2) is 6.57. The molecule has 25 heavy (non-hydrogen) atoms. The molecule has 4 rings (SSSR count). The van der Waals surface area contributed by atoms with Crippen LogP contribution < -0.4 is 5.56 Å². The van der Waals surface area contributed by atoms with Crippen molar-refractivity contribution in [3.63, 3.8) is 0 Å². The van der Waals surface area contributed by atoms with Gasteiger partial charge >= 0.3 is 0 Å². The van der Waals surface area contributed by atoms with E-state index in [-0.39, 0.29) is 18.0 Å². The first-order valence-electron chi connectivity index (χ1n) is 8.62. The van der Waals surface area contributed by atoms with E-state index in [4.69, 9.17) is 4.74 Å². The number of rotatable bonds is 3. The van der Waals surface area contributed by atoms with Crippen molar-refractivity contribution in [1.82, 2.24) is 29.2 Å². The largest absolute Gasteiger partial charge is 0.379 e. The zero-order chi connectivity index (χ0) is 17.4. The van der Waals surface area contributed by atoms with E-state index >= 15 is 0 Å². The quantitative estimate of drug-likeness (QED) is 0.714. The fourth-order valence-electron chi connectivity index (χ4n) is 3.75. The van der Waals surface area contributed by atoms with E-state index in [2.05, 4.69) is 22.0 Å². The van der Waals surface area contributed by atoms with Crippen LogP contribution in [0, 0.1) is 5.92 Å². The zero-order valence-corrected chi connectivity index (χ0v) is 14.2. The first-order chi connectivity index (χ1) is 12.1. The highest BCUT2D eigenvalue weighted by molar-refractivity contribution is 5.76. The van der Waals surface area contributed by atoms with Crippen LogP contribution in [-0.4, -0.2) is 80.5 Å². The Morgan fingerprint density at radius 3 is 2.88 bits per heavy atom. The van der Waals surface area contributed by atoms with Crippen molar-refractivity contribution in [3.05, 3.63) is 28.9 Å². The summed E-state index contributed by atoms with van der Waals surface area (Å²) in [5.74, 6) is 0.338. The van der Waals surface area contributed by atoms with Crippen LogP contribution in [0.2, 0.25) is 0 Å². The Bertz CT molecular complexity index is 825. The van der Waals surface area contributed by atoms with Gasteiger partial charge in [-0.3, -0.25) is 14.5 Å². The number of ether oxygens (including phenoxy) is 1. The maximum absolute atomic E-state index is 12.7. The summed E-state index contributed by atoms with van der Waals surface area (Å²) >= 11 is 0. The van der Waals surface area contributed by atoms with Crippen molar-refractivity contribution >= 4 is 11.4 Å². The third kappa shape index (κ3) is 3.05. The number of hydrogen-bond acceptors (Lipinski definition) is 6. The molecule has 1 amide bonds. The minimum Gasteiger partial charge on any atom is -0.379 e. The molecule has 0 saturated carbocycles. The molecular weight excluding hydrogens is 324 g/mol. The smallest absolute Gasteiger partial charge is 0.293 e. The van der Waals surface area contributed by atoms with E-state index in [1.54, 1.807) is 12.3 Å². The molecule has 0 bridgehead atoms. The molecule has 0 aliphatic carbocycles. The number of carbonyl (C=O) groups excluding carboxylic acids is 1. The summed E-state index contributed by atoms with van der Waals surface area (Å²) in [6.07, 6.45) is 2.99. The van der Waals surface area contributed by atoms with Gasteiger partial charge in [-0.25, -0.2) is 9.20 Å². The molecule has 0 radical (unpaired) electrons. The molecule has 4 heterocycles. The van der Waals surface area contributed by atoms with E-state index < -0.39 is 0 Å². The van der Waals surface area contributed by atoms with Crippen LogP contribution in [-0.2, 0) is 16.1 Å². The number of aromatic nitrogens is 4. The summed E-state index contributed by atoms with van der Waals surface area (Å²) in [6.45, 7) is 6.88. The number of amides is 1. The fourth-order valence-corrected chi connectivity index (χ4v) is 3.75. The van der Waals surface area contributed by atoms with Crippen molar-refractivity contribution < 1.29 is 9.53 Å². The molecule has 0 unspecified atom stereocenters. The van der Waals surface area contributed by atoms with Crippen molar-refractivity contribution in [3.8, 4) is 0 Å². The van der Waals surface area contributed by atoms with Crippen LogP contribution in [0.3, 0.4) is 0 Å². The molecule has 2 aromatic heterocycles. The molecule has 2 saturated heterocycles. The van der Waals surface area contributed by atoms with Gasteiger partial charge in [0.25, 0.3) is 5.56 Å². The summed E-state index contributed by atoms with van der Waals surface area (Å²) in [6, 6.07) is 1.98. The number of carbonyl (C=O) groups is 1. The lowest BCUT2D eigenvalue weighted by molar-refractivity contribution is -0.131. The van der Waals surface area contributed by atoms with E-state index in [9.17, 15) is 9.59 Å². The number of hydrogen-bond donors (Lipinski definition) is 0. The topological polar surface area (TPSA) is 85.0 Å². The van der Waals surface area contributed by atoms with Crippen molar-refractivity contribution in [2.75, 3.05) is 39.4 Å². The number of morpholine rings is 1. The molecule has 0 spiro atoms. The van der Waals surface area contributed by atoms with Crippen LogP contribution in [0.1, 0.15) is 6.92 Å². The van der Waals surface area contributed by atoms with Crippen LogP contribution >= 0.6 is 0 Å². The molecule has 2 atom stereocenters. The highest BCUT2D eigenvalue weighted by atomic mass is 16.5. The normalized spacial score (nSPS) is 24.9. The van der Waals surface area contributed by atoms with Crippen molar-refractivity contribution in [1.29, 1.82) is 0 Å². The van der Waals surface area contributed by atoms with E-state index in [1.165, 1.54) is 15.5 Å². The lowest BCUT2D eigenvalue weighted by Crippen LogP contribution is -2.47. The van der Waals surface area contributed by atoms with Gasteiger partial charge in [-0.2, -0.15) is 10.2 Å². The fraction of sp³-hybridized carbons (Fsp3) is 0.625. The second-order valence-electron chi connectivity index (χ2n) is 6.75. The maximum atomic E-state index is 12.7. The summed E-state index contributed by atoms with van der Waals surface area (Å²) in [5.41, 5.74) is 0.120. The van der Waals surface area contributed by atoms with Gasteiger partial charge in [-0.1, -0.05) is 6.92 Å². The van der Waals surface area contributed by atoms with Gasteiger partial charge in [0.05, 0.1) is 19.4 Å². The van der Waals surface area contributed by atoms with Gasteiger partial charge in [0, 0.05) is 32.2 Å². The van der Waals surface area contributed by atoms with Crippen LogP contribution in [0.15, 0.2) is 23.4 Å². The molecule has 0 N–H and O–H groups in total. The van der Waals surface area contributed by atoms with Crippen molar-refractivity contribution in [2.24, 2.45) is 5.92 Å². The molecule has 9 nitrogen and oxygen atoms in total. The van der Waals surface area contributed by atoms with Gasteiger partial charge in [-0.05, 0) is 12.0 Å². The third-order valence-electron chi connectivity index (χ3n) is 5.15. The highest BCUT2D eigenvalue weighted by Gasteiger charge is 2.36. The van der Waals surface area contributed by atoms with Crippen LogP contribution in [0.25, 0.3) is 5.52 Å². The summed E-state index contributed by atoms with van der Waals surface area (Å²) in [4.78, 5) is 29.3. The average molecular weight is 346 g/mol. The lowest BCUT2D eigenvalue weighted by Gasteiger charge is -2.33. The van der Waals surface area contributed by atoms with Crippen LogP contribution in [0.5, 0.6) is 0 Å². The Balaban J connectivity index is 1.45. The predicted octanol–water partition coefficient (Wildman–Crippen LogP) is -0.930. The second-order valence-corrected chi connectivity index (χ2v) is 6.75. The Morgan fingerprint density at radius 2 is 2.08 bits per heavy atom. The first-order valence-corrected chi connectivity index (χ1v) is 8.62. The van der Waals surface area contributed by atoms with E-state index in [1.807, 2.05) is 4.90 Å². The Labute approximate surface area is 144 Å². The summed E-state index contributed by atoms with van der Waals surface area (Å²) in [7, 11) is 0. The number of nitrogens with zero attached hydrogens (tertiary/aromatic N) is 6. The summed E-state index contributed by atoms with van der Waals surface area (Å²) in [5, 5.41) is 8.03. The maximum Gasteiger partial charge on any atom is 0.293 e. The first kappa shape index (κ1) is 16.2. The Kier molecular flexibility index (Phi) is 4.26. The van der Waals surface area contributed by atoms with Crippen molar-refractivity contribution in [2.45, 2.75) is 19.5 Å². The minimum absolute atomic E-state index is 0.0386. The van der Waals surface area contributed by atoms with Gasteiger partial charge in [0.15, 0.2) is 0 Å². The van der Waals surface area contributed by atoms with E-state index in [0.29, 0.717) is 30.6 Å². The molecule has 9 heteroatoms. The van der Waals surface area contributed by atoms with Gasteiger partial charge in [0.1, 0.15) is 18.4 Å². The van der Waals surface area contributed by atoms with Gasteiger partial charge < -0.3 is 9.64 Å². The monoisotopic (exact) mass is 346 g/mol. The molecular formula is C16H22N6O3. The molecule has 2 aliphatic rings. The lowest BCUT2D eigenvalue weighted by atomic mass is 10.0. The molecule has 134 valence electrons. The standard InChI is InChI=1S/C16H22N6O3/c1-12-8-20(9-14(12)19-4-6-25-7-5-19)15(23)10-21-16(24)13-2-3-17-22(13)11-18-21/h2-3,11-12,14H,4-10H2,1H3/t12-,14-/m1/s1. The SMILES string of the molecule is C[C@@H]1CN(C(=O)Cn2ncn3nccc3c2=O)C[C@H]1N1CCOCC1. The number of fused-ring (bicyclic) bond motifs is 1. The molecule has 0 aromatic carbocycles. The Hall–Kier alpha value is -2.26. The molecule has 2 aromatic rings.